The first-order chi connectivity index (χ1) is 4.61. The van der Waals surface area contributed by atoms with Crippen LogP contribution in [0.2, 0.25) is 0 Å². The summed E-state index contributed by atoms with van der Waals surface area (Å²) in [5.41, 5.74) is -0.108. The van der Waals surface area contributed by atoms with Gasteiger partial charge >= 0.3 is 0 Å². The molecule has 1 aromatic heterocycles. The van der Waals surface area contributed by atoms with Gasteiger partial charge in [-0.25, -0.2) is 0 Å². The van der Waals surface area contributed by atoms with Crippen LogP contribution in [0.1, 0.15) is 19.4 Å². The van der Waals surface area contributed by atoms with Gasteiger partial charge in [-0.1, -0.05) is 6.07 Å². The zero-order valence-corrected chi connectivity index (χ0v) is 6.13. The van der Waals surface area contributed by atoms with Crippen molar-refractivity contribution in [3.8, 4) is 0 Å². The lowest BCUT2D eigenvalue weighted by atomic mass is 10.0. The maximum absolute atomic E-state index is 9.42. The van der Waals surface area contributed by atoms with Crippen LogP contribution in [0, 0.1) is 6.20 Å². The molecule has 2 heteroatoms. The highest BCUT2D eigenvalue weighted by molar-refractivity contribution is 5.13. The van der Waals surface area contributed by atoms with Crippen LogP contribution >= 0.6 is 0 Å². The number of rotatable bonds is 1. The Hall–Kier alpha value is -0.890. The molecule has 1 N–H and O–H groups in total. The SMILES string of the molecule is CC(C)(O)c1[c]nccc1. The predicted octanol–water partition coefficient (Wildman–Crippen LogP) is 1.11. The molecule has 0 spiro atoms. The van der Waals surface area contributed by atoms with Crippen molar-refractivity contribution in [2.45, 2.75) is 19.4 Å². The highest BCUT2D eigenvalue weighted by atomic mass is 16.3. The Morgan fingerprint density at radius 1 is 1.60 bits per heavy atom. The molecule has 1 heterocycles. The molecule has 0 aliphatic heterocycles. The standard InChI is InChI=1S/C8H10NO/c1-8(2,10)7-4-3-5-9-6-7/h3-5,10H,1-2H3. The van der Waals surface area contributed by atoms with Gasteiger partial charge in [-0.2, -0.15) is 0 Å². The highest BCUT2D eigenvalue weighted by Crippen LogP contribution is 2.16. The number of hydrogen-bond acceptors (Lipinski definition) is 2. The van der Waals surface area contributed by atoms with E-state index in [0.29, 0.717) is 0 Å². The highest BCUT2D eigenvalue weighted by Gasteiger charge is 2.15. The number of pyridine rings is 1. The molecule has 2 nitrogen and oxygen atoms in total. The van der Waals surface area contributed by atoms with E-state index in [1.54, 1.807) is 32.2 Å². The third kappa shape index (κ3) is 1.54. The summed E-state index contributed by atoms with van der Waals surface area (Å²) < 4.78 is 0. The Morgan fingerprint density at radius 2 is 2.30 bits per heavy atom. The fraction of sp³-hybridized carbons (Fsp3) is 0.375. The molecule has 0 saturated carbocycles. The second-order valence-corrected chi connectivity index (χ2v) is 2.72. The maximum atomic E-state index is 9.42. The van der Waals surface area contributed by atoms with Gasteiger partial charge in [0.2, 0.25) is 0 Å². The van der Waals surface area contributed by atoms with E-state index in [0.717, 1.165) is 5.56 Å². The molecule has 1 radical (unpaired) electrons. The van der Waals surface area contributed by atoms with Crippen molar-refractivity contribution < 1.29 is 5.11 Å². The minimum absolute atomic E-state index is 0.718. The van der Waals surface area contributed by atoms with Gasteiger partial charge in [0.25, 0.3) is 0 Å². The van der Waals surface area contributed by atoms with Gasteiger partial charge in [-0.05, 0) is 19.9 Å². The van der Waals surface area contributed by atoms with Crippen molar-refractivity contribution >= 4 is 0 Å². The maximum Gasteiger partial charge on any atom is 0.0950 e. The monoisotopic (exact) mass is 136 g/mol. The van der Waals surface area contributed by atoms with Gasteiger partial charge in [-0.15, -0.1) is 0 Å². The van der Waals surface area contributed by atoms with E-state index in [2.05, 4.69) is 11.2 Å². The smallest absolute Gasteiger partial charge is 0.0950 e. The molecule has 0 bridgehead atoms. The average molecular weight is 136 g/mol. The van der Waals surface area contributed by atoms with Gasteiger partial charge in [0.15, 0.2) is 0 Å². The first-order valence-corrected chi connectivity index (χ1v) is 3.16. The summed E-state index contributed by atoms with van der Waals surface area (Å²) in [6, 6.07) is 3.58. The second-order valence-electron chi connectivity index (χ2n) is 2.72. The zero-order valence-electron chi connectivity index (χ0n) is 6.13. The van der Waals surface area contributed by atoms with Gasteiger partial charge in [-0.3, -0.25) is 4.98 Å². The van der Waals surface area contributed by atoms with E-state index in [1.807, 2.05) is 0 Å². The summed E-state index contributed by atoms with van der Waals surface area (Å²) in [5.74, 6) is 0. The van der Waals surface area contributed by atoms with Gasteiger partial charge in [0.1, 0.15) is 0 Å². The largest absolute Gasteiger partial charge is 0.386 e. The van der Waals surface area contributed by atoms with Crippen LogP contribution in [0.15, 0.2) is 18.3 Å². The van der Waals surface area contributed by atoms with Crippen molar-refractivity contribution in [3.05, 3.63) is 30.1 Å². The van der Waals surface area contributed by atoms with Crippen molar-refractivity contribution in [1.82, 2.24) is 4.98 Å². The molecule has 0 aromatic carbocycles. The van der Waals surface area contributed by atoms with E-state index >= 15 is 0 Å². The summed E-state index contributed by atoms with van der Waals surface area (Å²) in [5, 5.41) is 9.42. The Bertz CT molecular complexity index is 200. The van der Waals surface area contributed by atoms with Crippen molar-refractivity contribution in [1.29, 1.82) is 0 Å². The summed E-state index contributed by atoms with van der Waals surface area (Å²) in [6.07, 6.45) is 4.34. The minimum atomic E-state index is -0.825. The summed E-state index contributed by atoms with van der Waals surface area (Å²) in [6.45, 7) is 3.42. The predicted molar refractivity (Wildman–Crippen MR) is 38.3 cm³/mol. The first-order valence-electron chi connectivity index (χ1n) is 3.16. The van der Waals surface area contributed by atoms with Crippen LogP contribution in [0.25, 0.3) is 0 Å². The molecule has 0 amide bonds. The normalized spacial score (nSPS) is 11.5. The topological polar surface area (TPSA) is 33.1 Å². The zero-order chi connectivity index (χ0) is 7.61. The van der Waals surface area contributed by atoms with Gasteiger partial charge in [0, 0.05) is 11.8 Å². The average Bonchev–Trinajstić information content (AvgIpc) is 1.88. The molecule has 1 aromatic rings. The van der Waals surface area contributed by atoms with Gasteiger partial charge in [0.05, 0.1) is 11.8 Å². The molecular formula is C8H10NO. The molecule has 0 aliphatic carbocycles. The molecule has 1 rings (SSSR count). The summed E-state index contributed by atoms with van der Waals surface area (Å²) >= 11 is 0. The number of nitrogens with zero attached hydrogens (tertiary/aromatic N) is 1. The van der Waals surface area contributed by atoms with E-state index in [9.17, 15) is 5.11 Å². The number of hydrogen-bond donors (Lipinski definition) is 1. The van der Waals surface area contributed by atoms with Crippen LogP contribution in [0.4, 0.5) is 0 Å². The fourth-order valence-electron chi connectivity index (χ4n) is 0.667. The van der Waals surface area contributed by atoms with E-state index in [4.69, 9.17) is 0 Å². The third-order valence-corrected chi connectivity index (χ3v) is 1.27. The van der Waals surface area contributed by atoms with E-state index in [-0.39, 0.29) is 0 Å². The molecule has 0 saturated heterocycles. The quantitative estimate of drug-likeness (QED) is 0.627. The minimum Gasteiger partial charge on any atom is -0.386 e. The number of aliphatic hydroxyl groups is 1. The Labute approximate surface area is 60.5 Å². The van der Waals surface area contributed by atoms with Crippen molar-refractivity contribution in [3.63, 3.8) is 0 Å². The van der Waals surface area contributed by atoms with Gasteiger partial charge < -0.3 is 5.11 Å². The molecule has 0 unspecified atom stereocenters. The lowest BCUT2D eigenvalue weighted by molar-refractivity contribution is 0.0779. The molecule has 0 fully saturated rings. The van der Waals surface area contributed by atoms with Crippen LogP contribution < -0.4 is 0 Å². The molecule has 0 aliphatic rings. The second kappa shape index (κ2) is 2.39. The van der Waals surface area contributed by atoms with Crippen LogP contribution in [-0.4, -0.2) is 10.1 Å². The van der Waals surface area contributed by atoms with Crippen molar-refractivity contribution in [2.75, 3.05) is 0 Å². The lowest BCUT2D eigenvalue weighted by Gasteiger charge is -2.15. The summed E-state index contributed by atoms with van der Waals surface area (Å²) in [4.78, 5) is 3.77. The Balaban J connectivity index is 2.97. The molecule has 10 heavy (non-hydrogen) atoms. The van der Waals surface area contributed by atoms with Crippen molar-refractivity contribution in [2.24, 2.45) is 0 Å². The van der Waals surface area contributed by atoms with E-state index in [1.165, 1.54) is 0 Å². The summed E-state index contributed by atoms with van der Waals surface area (Å²) in [7, 11) is 0. The molecular weight excluding hydrogens is 126 g/mol. The van der Waals surface area contributed by atoms with Crippen LogP contribution in [0.3, 0.4) is 0 Å². The van der Waals surface area contributed by atoms with Crippen LogP contribution in [-0.2, 0) is 5.60 Å². The molecule has 0 atom stereocenters. The first kappa shape index (κ1) is 7.22. The lowest BCUT2D eigenvalue weighted by Crippen LogP contribution is -2.15. The Morgan fingerprint density at radius 3 is 2.60 bits per heavy atom. The molecule has 53 valence electrons. The third-order valence-electron chi connectivity index (χ3n) is 1.27. The fourth-order valence-corrected chi connectivity index (χ4v) is 0.667. The van der Waals surface area contributed by atoms with Crippen LogP contribution in [0.5, 0.6) is 0 Å². The number of aromatic nitrogens is 1. The van der Waals surface area contributed by atoms with E-state index < -0.39 is 5.60 Å². The Kier molecular flexibility index (Phi) is 1.72.